The Balaban J connectivity index is 2.19. The summed E-state index contributed by atoms with van der Waals surface area (Å²) in [5.41, 5.74) is 1.24. The van der Waals surface area contributed by atoms with E-state index < -0.39 is 0 Å². The van der Waals surface area contributed by atoms with Gasteiger partial charge in [-0.05, 0) is 45.2 Å². The summed E-state index contributed by atoms with van der Waals surface area (Å²) in [5, 5.41) is 6.54. The maximum absolute atomic E-state index is 5.70. The Kier molecular flexibility index (Phi) is 10.7. The van der Waals surface area contributed by atoms with Crippen molar-refractivity contribution in [1.29, 1.82) is 0 Å². The summed E-state index contributed by atoms with van der Waals surface area (Å²) in [4.78, 5) is 4.57. The molecule has 0 aliphatic carbocycles. The van der Waals surface area contributed by atoms with Crippen LogP contribution in [0.25, 0.3) is 0 Å². The Morgan fingerprint density at radius 3 is 2.52 bits per heavy atom. The largest absolute Gasteiger partial charge is 0.492 e. The number of aryl methyl sites for hydroxylation is 1. The summed E-state index contributed by atoms with van der Waals surface area (Å²) >= 11 is 0. The van der Waals surface area contributed by atoms with Crippen LogP contribution in [-0.4, -0.2) is 45.9 Å². The quantitative estimate of drug-likeness (QED) is 0.374. The average Bonchev–Trinajstić information content (AvgIpc) is 2.56. The molecule has 0 saturated carbocycles. The summed E-state index contributed by atoms with van der Waals surface area (Å²) in [6.07, 6.45) is 3.33. The van der Waals surface area contributed by atoms with Gasteiger partial charge in [-0.15, -0.1) is 0 Å². The number of unbranched alkanes of at least 4 members (excludes halogenated alkanes) is 2. The first kappa shape index (κ1) is 19.3. The Hall–Kier alpha value is -1.75. The third-order valence-electron chi connectivity index (χ3n) is 3.30. The fourth-order valence-electron chi connectivity index (χ4n) is 2.04. The number of nitrogens with zero attached hydrogens (tertiary/aromatic N) is 1. The van der Waals surface area contributed by atoms with Crippen LogP contribution in [-0.2, 0) is 4.74 Å². The minimum absolute atomic E-state index is 0.612. The first-order valence-corrected chi connectivity index (χ1v) is 8.47. The molecule has 0 heterocycles. The first-order valence-electron chi connectivity index (χ1n) is 8.47. The Bertz CT molecular complexity index is 432. The van der Waals surface area contributed by atoms with Gasteiger partial charge >= 0.3 is 0 Å². The zero-order valence-corrected chi connectivity index (χ0v) is 14.7. The molecule has 0 radical (unpaired) electrons. The van der Waals surface area contributed by atoms with E-state index in [2.05, 4.69) is 41.6 Å². The van der Waals surface area contributed by atoms with Crippen molar-refractivity contribution in [2.24, 2.45) is 4.99 Å². The van der Waals surface area contributed by atoms with E-state index in [9.17, 15) is 0 Å². The highest BCUT2D eigenvalue weighted by atomic mass is 16.5. The van der Waals surface area contributed by atoms with Crippen molar-refractivity contribution in [3.05, 3.63) is 29.8 Å². The van der Waals surface area contributed by atoms with Gasteiger partial charge < -0.3 is 20.1 Å². The van der Waals surface area contributed by atoms with Crippen LogP contribution in [0.2, 0.25) is 0 Å². The van der Waals surface area contributed by atoms with Crippen LogP contribution in [0.4, 0.5) is 0 Å². The summed E-state index contributed by atoms with van der Waals surface area (Å²) in [6, 6.07) is 8.10. The molecule has 5 nitrogen and oxygen atoms in total. The number of methoxy groups -OCH3 is 1. The number of nitrogens with one attached hydrogen (secondary N) is 2. The molecule has 0 bridgehead atoms. The smallest absolute Gasteiger partial charge is 0.191 e. The third-order valence-corrected chi connectivity index (χ3v) is 3.30. The average molecular weight is 321 g/mol. The number of guanidine groups is 1. The fraction of sp³-hybridized carbons (Fsp3) is 0.611. The molecule has 1 rings (SSSR count). The van der Waals surface area contributed by atoms with Crippen LogP contribution in [0.1, 0.15) is 31.7 Å². The predicted molar refractivity (Wildman–Crippen MR) is 96.4 cm³/mol. The van der Waals surface area contributed by atoms with Gasteiger partial charge in [0.25, 0.3) is 0 Å². The van der Waals surface area contributed by atoms with Gasteiger partial charge in [0.15, 0.2) is 5.96 Å². The van der Waals surface area contributed by atoms with E-state index in [0.717, 1.165) is 57.2 Å². The zero-order valence-electron chi connectivity index (χ0n) is 14.7. The Morgan fingerprint density at radius 1 is 1.04 bits per heavy atom. The van der Waals surface area contributed by atoms with E-state index in [1.54, 1.807) is 7.11 Å². The van der Waals surface area contributed by atoms with Crippen molar-refractivity contribution in [2.45, 2.75) is 33.1 Å². The van der Waals surface area contributed by atoms with Gasteiger partial charge in [-0.25, -0.2) is 0 Å². The number of benzene rings is 1. The number of rotatable bonds is 11. The molecular formula is C18H31N3O2. The highest BCUT2D eigenvalue weighted by Gasteiger charge is 1.98. The van der Waals surface area contributed by atoms with Crippen LogP contribution in [0, 0.1) is 6.92 Å². The molecule has 0 aliphatic rings. The van der Waals surface area contributed by atoms with E-state index in [0.29, 0.717) is 6.61 Å². The van der Waals surface area contributed by atoms with Crippen molar-refractivity contribution < 1.29 is 9.47 Å². The fourth-order valence-corrected chi connectivity index (χ4v) is 2.04. The molecule has 0 aliphatic heterocycles. The number of ether oxygens (including phenoxy) is 2. The van der Waals surface area contributed by atoms with Gasteiger partial charge in [-0.3, -0.25) is 4.99 Å². The highest BCUT2D eigenvalue weighted by Crippen LogP contribution is 2.10. The minimum Gasteiger partial charge on any atom is -0.492 e. The molecule has 0 fully saturated rings. The second-order valence-corrected chi connectivity index (χ2v) is 5.40. The van der Waals surface area contributed by atoms with E-state index in [1.807, 2.05) is 12.1 Å². The maximum atomic E-state index is 5.70. The molecule has 5 heteroatoms. The normalized spacial score (nSPS) is 11.3. The van der Waals surface area contributed by atoms with Gasteiger partial charge in [0.2, 0.25) is 0 Å². The Morgan fingerprint density at radius 2 is 1.83 bits per heavy atom. The van der Waals surface area contributed by atoms with Crippen molar-refractivity contribution in [3.8, 4) is 5.75 Å². The van der Waals surface area contributed by atoms with Crippen molar-refractivity contribution >= 4 is 5.96 Å². The van der Waals surface area contributed by atoms with Crippen molar-refractivity contribution in [3.63, 3.8) is 0 Å². The summed E-state index contributed by atoms with van der Waals surface area (Å²) in [6.45, 7) is 7.99. The topological polar surface area (TPSA) is 54.9 Å². The molecule has 130 valence electrons. The molecule has 0 spiro atoms. The van der Waals surface area contributed by atoms with Crippen LogP contribution in [0.15, 0.2) is 29.3 Å². The molecule has 0 unspecified atom stereocenters. The Labute approximate surface area is 140 Å². The van der Waals surface area contributed by atoms with Crippen LogP contribution in [0.3, 0.4) is 0 Å². The molecule has 0 amide bonds. The molecule has 0 atom stereocenters. The number of hydrogen-bond donors (Lipinski definition) is 2. The molecule has 1 aromatic carbocycles. The van der Waals surface area contributed by atoms with Crippen LogP contribution >= 0.6 is 0 Å². The lowest BCUT2D eigenvalue weighted by molar-refractivity contribution is 0.192. The van der Waals surface area contributed by atoms with Gasteiger partial charge in [0, 0.05) is 26.8 Å². The minimum atomic E-state index is 0.612. The molecule has 0 saturated heterocycles. The van der Waals surface area contributed by atoms with Crippen molar-refractivity contribution in [2.75, 3.05) is 40.0 Å². The highest BCUT2D eigenvalue weighted by molar-refractivity contribution is 5.79. The SMILES string of the molecule is CCNC(=NCCCCCOC)NCCOc1ccc(C)cc1. The maximum Gasteiger partial charge on any atom is 0.191 e. The van der Waals surface area contributed by atoms with E-state index in [4.69, 9.17) is 9.47 Å². The van der Waals surface area contributed by atoms with E-state index in [-0.39, 0.29) is 0 Å². The lowest BCUT2D eigenvalue weighted by Crippen LogP contribution is -2.39. The van der Waals surface area contributed by atoms with Gasteiger partial charge in [-0.1, -0.05) is 17.7 Å². The summed E-state index contributed by atoms with van der Waals surface area (Å²) in [7, 11) is 1.74. The second-order valence-electron chi connectivity index (χ2n) is 5.40. The van der Waals surface area contributed by atoms with Crippen molar-refractivity contribution in [1.82, 2.24) is 10.6 Å². The predicted octanol–water partition coefficient (Wildman–Crippen LogP) is 2.75. The van der Waals surface area contributed by atoms with Gasteiger partial charge in [0.1, 0.15) is 12.4 Å². The molecular weight excluding hydrogens is 290 g/mol. The van der Waals surface area contributed by atoms with E-state index in [1.165, 1.54) is 5.56 Å². The lowest BCUT2D eigenvalue weighted by atomic mass is 10.2. The lowest BCUT2D eigenvalue weighted by Gasteiger charge is -2.12. The third kappa shape index (κ3) is 9.79. The summed E-state index contributed by atoms with van der Waals surface area (Å²) < 4.78 is 10.7. The molecule has 0 aromatic heterocycles. The molecule has 1 aromatic rings. The van der Waals surface area contributed by atoms with Gasteiger partial charge in [0.05, 0.1) is 6.54 Å². The summed E-state index contributed by atoms with van der Waals surface area (Å²) in [5.74, 6) is 1.75. The number of aliphatic imine (C=N–C) groups is 1. The van der Waals surface area contributed by atoms with Crippen LogP contribution in [0.5, 0.6) is 5.75 Å². The second kappa shape index (κ2) is 12.8. The first-order chi connectivity index (χ1) is 11.3. The molecule has 23 heavy (non-hydrogen) atoms. The standard InChI is InChI=1S/C18H31N3O2/c1-4-19-18(20-12-6-5-7-14-22-3)21-13-15-23-17-10-8-16(2)9-11-17/h8-11H,4-7,12-15H2,1-3H3,(H2,19,20,21). The zero-order chi connectivity index (χ0) is 16.8. The van der Waals surface area contributed by atoms with Gasteiger partial charge in [-0.2, -0.15) is 0 Å². The molecule has 2 N–H and O–H groups in total. The number of hydrogen-bond acceptors (Lipinski definition) is 3. The monoisotopic (exact) mass is 321 g/mol. The van der Waals surface area contributed by atoms with Crippen LogP contribution < -0.4 is 15.4 Å². The van der Waals surface area contributed by atoms with E-state index >= 15 is 0 Å².